The van der Waals surface area contributed by atoms with Crippen LogP contribution in [0, 0.1) is 5.82 Å². The van der Waals surface area contributed by atoms with Crippen LogP contribution in [0.2, 0.25) is 0 Å². The molecule has 190 valence electrons. The second-order valence-electron chi connectivity index (χ2n) is 8.99. The third kappa shape index (κ3) is 6.88. The van der Waals surface area contributed by atoms with Gasteiger partial charge in [0.2, 0.25) is 17.6 Å². The largest absolute Gasteiger partial charge is 0.345 e. The molecule has 1 aliphatic heterocycles. The molecule has 1 heterocycles. The number of halogens is 1. The summed E-state index contributed by atoms with van der Waals surface area (Å²) in [5.74, 6) is -2.65. The smallest absolute Gasteiger partial charge is 0.289 e. The SMILES string of the molecule is O=C(NCc1ccc(F)cc1)C(=O)C(Cc1ccccc1)NC(=O)[C@@H]1CCC(=O)N1Cc1ccccc1. The van der Waals surface area contributed by atoms with Crippen LogP contribution in [0.4, 0.5) is 4.39 Å². The fourth-order valence-electron chi connectivity index (χ4n) is 4.34. The Morgan fingerprint density at radius 2 is 1.49 bits per heavy atom. The van der Waals surface area contributed by atoms with E-state index in [1.165, 1.54) is 29.2 Å². The van der Waals surface area contributed by atoms with E-state index in [-0.39, 0.29) is 31.8 Å². The molecule has 1 unspecified atom stereocenters. The third-order valence-electron chi connectivity index (χ3n) is 6.33. The van der Waals surface area contributed by atoms with Crippen molar-refractivity contribution in [3.8, 4) is 0 Å². The van der Waals surface area contributed by atoms with Crippen LogP contribution in [0.5, 0.6) is 0 Å². The standard InChI is InChI=1S/C29H28FN3O4/c30-23-13-11-21(12-14-23)18-31-29(37)27(35)24(17-20-7-3-1-4-8-20)32-28(36)25-15-16-26(34)33(25)19-22-9-5-2-6-10-22/h1-14,24-25H,15-19H2,(H,31,37)(H,32,36)/t24?,25-/m0/s1. The number of amides is 3. The van der Waals surface area contributed by atoms with Gasteiger partial charge in [-0.2, -0.15) is 0 Å². The number of nitrogens with one attached hydrogen (secondary N) is 2. The summed E-state index contributed by atoms with van der Waals surface area (Å²) in [5.41, 5.74) is 2.30. The molecule has 0 aliphatic carbocycles. The number of ketones is 1. The predicted octanol–water partition coefficient (Wildman–Crippen LogP) is 2.93. The molecule has 8 heteroatoms. The minimum atomic E-state index is -1.11. The van der Waals surface area contributed by atoms with E-state index in [0.29, 0.717) is 12.0 Å². The molecule has 1 aliphatic rings. The van der Waals surface area contributed by atoms with Crippen LogP contribution in [0.3, 0.4) is 0 Å². The first kappa shape index (κ1) is 25.8. The summed E-state index contributed by atoms with van der Waals surface area (Å²) in [4.78, 5) is 53.2. The molecule has 7 nitrogen and oxygen atoms in total. The second-order valence-corrected chi connectivity index (χ2v) is 8.99. The lowest BCUT2D eigenvalue weighted by molar-refractivity contribution is -0.141. The normalized spacial score (nSPS) is 15.8. The summed E-state index contributed by atoms with van der Waals surface area (Å²) in [6, 6.07) is 22.2. The van der Waals surface area contributed by atoms with Gasteiger partial charge < -0.3 is 15.5 Å². The van der Waals surface area contributed by atoms with Gasteiger partial charge in [0.05, 0.1) is 0 Å². The summed E-state index contributed by atoms with van der Waals surface area (Å²) >= 11 is 0. The lowest BCUT2D eigenvalue weighted by Gasteiger charge is -2.26. The number of Topliss-reactive ketones (excluding diaryl/α,β-unsaturated/α-hetero) is 1. The molecule has 0 radical (unpaired) electrons. The molecular weight excluding hydrogens is 473 g/mol. The summed E-state index contributed by atoms with van der Waals surface area (Å²) in [6.45, 7) is 0.325. The van der Waals surface area contributed by atoms with E-state index in [1.807, 2.05) is 60.7 Å². The van der Waals surface area contributed by atoms with E-state index in [9.17, 15) is 23.6 Å². The van der Waals surface area contributed by atoms with Gasteiger partial charge in [-0.3, -0.25) is 19.2 Å². The highest BCUT2D eigenvalue weighted by Crippen LogP contribution is 2.22. The Bertz CT molecular complexity index is 1250. The van der Waals surface area contributed by atoms with Crippen LogP contribution in [-0.4, -0.2) is 40.5 Å². The lowest BCUT2D eigenvalue weighted by Crippen LogP contribution is -2.53. The van der Waals surface area contributed by atoms with Crippen molar-refractivity contribution in [2.45, 2.75) is 44.4 Å². The average molecular weight is 502 g/mol. The molecule has 3 amide bonds. The van der Waals surface area contributed by atoms with Crippen LogP contribution in [0.15, 0.2) is 84.9 Å². The first-order chi connectivity index (χ1) is 17.9. The minimum Gasteiger partial charge on any atom is -0.345 e. The zero-order chi connectivity index (χ0) is 26.2. The average Bonchev–Trinajstić information content (AvgIpc) is 3.28. The molecule has 0 bridgehead atoms. The van der Waals surface area contributed by atoms with Crippen LogP contribution >= 0.6 is 0 Å². The van der Waals surface area contributed by atoms with E-state index in [4.69, 9.17) is 0 Å². The summed E-state index contributed by atoms with van der Waals surface area (Å²) in [5, 5.41) is 5.29. The zero-order valence-electron chi connectivity index (χ0n) is 20.2. The van der Waals surface area contributed by atoms with Crippen molar-refractivity contribution < 1.29 is 23.6 Å². The highest BCUT2D eigenvalue weighted by atomic mass is 19.1. The first-order valence-corrected chi connectivity index (χ1v) is 12.1. The van der Waals surface area contributed by atoms with Crippen molar-refractivity contribution in [2.75, 3.05) is 0 Å². The monoisotopic (exact) mass is 501 g/mol. The first-order valence-electron chi connectivity index (χ1n) is 12.1. The summed E-state index contributed by atoms with van der Waals surface area (Å²) in [6.07, 6.45) is 0.690. The number of carbonyl (C=O) groups excluding carboxylic acids is 4. The molecule has 37 heavy (non-hydrogen) atoms. The van der Waals surface area contributed by atoms with E-state index >= 15 is 0 Å². The molecule has 0 saturated carbocycles. The van der Waals surface area contributed by atoms with Crippen molar-refractivity contribution in [3.63, 3.8) is 0 Å². The fraction of sp³-hybridized carbons (Fsp3) is 0.241. The van der Waals surface area contributed by atoms with Crippen molar-refractivity contribution in [1.29, 1.82) is 0 Å². The van der Waals surface area contributed by atoms with E-state index in [0.717, 1.165) is 11.1 Å². The number of hydrogen-bond donors (Lipinski definition) is 2. The van der Waals surface area contributed by atoms with E-state index in [2.05, 4.69) is 10.6 Å². The van der Waals surface area contributed by atoms with E-state index < -0.39 is 35.5 Å². The van der Waals surface area contributed by atoms with E-state index in [1.54, 1.807) is 0 Å². The maximum absolute atomic E-state index is 13.3. The van der Waals surface area contributed by atoms with Gasteiger partial charge in [0.1, 0.15) is 17.9 Å². The van der Waals surface area contributed by atoms with Crippen molar-refractivity contribution in [1.82, 2.24) is 15.5 Å². The van der Waals surface area contributed by atoms with Gasteiger partial charge in [0.25, 0.3) is 5.91 Å². The fourth-order valence-corrected chi connectivity index (χ4v) is 4.34. The molecule has 3 aromatic carbocycles. The van der Waals surface area contributed by atoms with Crippen LogP contribution < -0.4 is 10.6 Å². The van der Waals surface area contributed by atoms with Crippen LogP contribution in [0.1, 0.15) is 29.5 Å². The van der Waals surface area contributed by atoms with Crippen molar-refractivity contribution >= 4 is 23.5 Å². The minimum absolute atomic E-state index is 0.0405. The Morgan fingerprint density at radius 3 is 2.14 bits per heavy atom. The number of likely N-dealkylation sites (tertiary alicyclic amines) is 1. The number of rotatable bonds is 10. The highest BCUT2D eigenvalue weighted by molar-refractivity contribution is 6.38. The number of benzene rings is 3. The Balaban J connectivity index is 1.46. The Labute approximate surface area is 214 Å². The quantitative estimate of drug-likeness (QED) is 0.418. The van der Waals surface area contributed by atoms with Gasteiger partial charge in [-0.05, 0) is 35.2 Å². The zero-order valence-corrected chi connectivity index (χ0v) is 20.2. The Hall–Kier alpha value is -4.33. The molecular formula is C29H28FN3O4. The summed E-state index contributed by atoms with van der Waals surface area (Å²) in [7, 11) is 0. The highest BCUT2D eigenvalue weighted by Gasteiger charge is 2.38. The van der Waals surface area contributed by atoms with Crippen LogP contribution in [-0.2, 0) is 38.7 Å². The number of nitrogens with zero attached hydrogens (tertiary/aromatic N) is 1. The topological polar surface area (TPSA) is 95.6 Å². The van der Waals surface area contributed by atoms with Gasteiger partial charge in [-0.1, -0.05) is 72.8 Å². The lowest BCUT2D eigenvalue weighted by atomic mass is 10.0. The van der Waals surface area contributed by atoms with Gasteiger partial charge in [0, 0.05) is 25.9 Å². The Kier molecular flexibility index (Phi) is 8.40. The molecule has 1 fully saturated rings. The van der Waals surface area contributed by atoms with Gasteiger partial charge in [-0.25, -0.2) is 4.39 Å². The van der Waals surface area contributed by atoms with Crippen molar-refractivity contribution in [3.05, 3.63) is 107 Å². The maximum Gasteiger partial charge on any atom is 0.289 e. The van der Waals surface area contributed by atoms with Crippen LogP contribution in [0.25, 0.3) is 0 Å². The van der Waals surface area contributed by atoms with Gasteiger partial charge in [0.15, 0.2) is 0 Å². The third-order valence-corrected chi connectivity index (χ3v) is 6.33. The maximum atomic E-state index is 13.3. The molecule has 3 aromatic rings. The molecule has 0 spiro atoms. The second kappa shape index (κ2) is 12.1. The molecule has 0 aromatic heterocycles. The van der Waals surface area contributed by atoms with Gasteiger partial charge >= 0.3 is 0 Å². The molecule has 2 N–H and O–H groups in total. The summed E-state index contributed by atoms with van der Waals surface area (Å²) < 4.78 is 13.1. The molecule has 2 atom stereocenters. The number of hydrogen-bond acceptors (Lipinski definition) is 4. The van der Waals surface area contributed by atoms with Crippen molar-refractivity contribution in [2.24, 2.45) is 0 Å². The molecule has 1 saturated heterocycles. The Morgan fingerprint density at radius 1 is 0.865 bits per heavy atom. The molecule has 4 rings (SSSR count). The van der Waals surface area contributed by atoms with Gasteiger partial charge in [-0.15, -0.1) is 0 Å². The number of carbonyl (C=O) groups is 4. The predicted molar refractivity (Wildman–Crippen MR) is 135 cm³/mol.